The van der Waals surface area contributed by atoms with Crippen molar-refractivity contribution in [3.63, 3.8) is 0 Å². The summed E-state index contributed by atoms with van der Waals surface area (Å²) in [6.07, 6.45) is 23.7. The molecule has 2 saturated carbocycles. The fourth-order valence-corrected chi connectivity index (χ4v) is 4.77. The molecule has 2 fully saturated rings. The van der Waals surface area contributed by atoms with Crippen molar-refractivity contribution in [1.29, 1.82) is 0 Å². The predicted octanol–water partition coefficient (Wildman–Crippen LogP) is 6.77. The molecule has 1 heterocycles. The molecule has 0 radical (unpaired) electrons. The summed E-state index contributed by atoms with van der Waals surface area (Å²) < 4.78 is 0. The van der Waals surface area contributed by atoms with Crippen LogP contribution in [0.25, 0.3) is 0 Å². The molecule has 24 heavy (non-hydrogen) atoms. The van der Waals surface area contributed by atoms with Crippen LogP contribution in [0.15, 0.2) is 12.4 Å². The van der Waals surface area contributed by atoms with E-state index in [1.807, 2.05) is 0 Å². The number of aromatic nitrogens is 2. The average molecular weight is 329 g/mol. The van der Waals surface area contributed by atoms with E-state index >= 15 is 0 Å². The summed E-state index contributed by atoms with van der Waals surface area (Å²) in [7, 11) is 0. The molecule has 2 aliphatic carbocycles. The zero-order valence-corrected chi connectivity index (χ0v) is 15.7. The smallest absolute Gasteiger partial charge is 0.131 e. The van der Waals surface area contributed by atoms with Crippen molar-refractivity contribution in [2.75, 3.05) is 0 Å². The second-order valence-corrected chi connectivity index (χ2v) is 8.28. The van der Waals surface area contributed by atoms with Crippen LogP contribution in [0.3, 0.4) is 0 Å². The van der Waals surface area contributed by atoms with E-state index in [4.69, 9.17) is 9.97 Å². The van der Waals surface area contributed by atoms with Gasteiger partial charge in [-0.1, -0.05) is 58.3 Å². The van der Waals surface area contributed by atoms with Gasteiger partial charge in [0.15, 0.2) is 0 Å². The van der Waals surface area contributed by atoms with Crippen LogP contribution < -0.4 is 0 Å². The third-order valence-electron chi connectivity index (χ3n) is 6.45. The van der Waals surface area contributed by atoms with E-state index in [-0.39, 0.29) is 0 Å². The Morgan fingerprint density at radius 1 is 0.792 bits per heavy atom. The first-order valence-corrected chi connectivity index (χ1v) is 10.7. The lowest BCUT2D eigenvalue weighted by Crippen LogP contribution is -2.15. The maximum atomic E-state index is 4.76. The molecule has 0 bridgehead atoms. The van der Waals surface area contributed by atoms with Gasteiger partial charge in [-0.25, -0.2) is 9.97 Å². The maximum Gasteiger partial charge on any atom is 0.131 e. The first kappa shape index (κ1) is 17.9. The monoisotopic (exact) mass is 328 g/mol. The second-order valence-electron chi connectivity index (χ2n) is 8.28. The summed E-state index contributed by atoms with van der Waals surface area (Å²) in [6, 6.07) is 0. The minimum absolute atomic E-state index is 0.631. The maximum absolute atomic E-state index is 4.76. The lowest BCUT2D eigenvalue weighted by Gasteiger charge is -2.28. The summed E-state index contributed by atoms with van der Waals surface area (Å²) in [4.78, 5) is 9.51. The van der Waals surface area contributed by atoms with Gasteiger partial charge in [0.25, 0.3) is 0 Å². The molecule has 0 atom stereocenters. The zero-order valence-electron chi connectivity index (χ0n) is 15.7. The molecule has 2 nitrogen and oxygen atoms in total. The largest absolute Gasteiger partial charge is 0.241 e. The van der Waals surface area contributed by atoms with Gasteiger partial charge >= 0.3 is 0 Å². The fraction of sp³-hybridized carbons (Fsp3) is 0.818. The molecule has 0 amide bonds. The molecule has 1 aromatic heterocycles. The molecule has 1 aromatic rings. The molecule has 3 rings (SSSR count). The van der Waals surface area contributed by atoms with Gasteiger partial charge in [-0.2, -0.15) is 0 Å². The van der Waals surface area contributed by atoms with Crippen molar-refractivity contribution in [3.05, 3.63) is 23.8 Å². The van der Waals surface area contributed by atoms with Crippen molar-refractivity contribution in [1.82, 2.24) is 9.97 Å². The Hall–Kier alpha value is -0.920. The molecule has 0 saturated heterocycles. The lowest BCUT2D eigenvalue weighted by atomic mass is 9.77. The van der Waals surface area contributed by atoms with Crippen molar-refractivity contribution >= 4 is 0 Å². The molecule has 134 valence electrons. The van der Waals surface area contributed by atoms with Crippen LogP contribution in [-0.4, -0.2) is 9.97 Å². The number of unbranched alkanes of at least 4 members (excludes halogenated alkanes) is 3. The van der Waals surface area contributed by atoms with E-state index in [2.05, 4.69) is 19.3 Å². The fourth-order valence-electron chi connectivity index (χ4n) is 4.77. The first-order valence-electron chi connectivity index (χ1n) is 10.7. The normalized spacial score (nSPS) is 25.7. The highest BCUT2D eigenvalue weighted by Crippen LogP contribution is 2.38. The molecule has 0 aromatic carbocycles. The van der Waals surface area contributed by atoms with E-state index in [1.54, 1.807) is 0 Å². The van der Waals surface area contributed by atoms with Gasteiger partial charge in [0.2, 0.25) is 0 Å². The summed E-state index contributed by atoms with van der Waals surface area (Å²) in [5.41, 5.74) is 1.40. The molecular weight excluding hydrogens is 292 g/mol. The summed E-state index contributed by atoms with van der Waals surface area (Å²) >= 11 is 0. The third kappa shape index (κ3) is 5.04. The molecule has 0 spiro atoms. The van der Waals surface area contributed by atoms with Gasteiger partial charge in [0.1, 0.15) is 5.82 Å². The average Bonchev–Trinajstić information content (AvgIpc) is 2.67. The van der Waals surface area contributed by atoms with Gasteiger partial charge in [-0.15, -0.1) is 0 Å². The highest BCUT2D eigenvalue weighted by atomic mass is 14.9. The first-order chi connectivity index (χ1) is 11.9. The number of nitrogens with zero attached hydrogens (tertiary/aromatic N) is 2. The quantitative estimate of drug-likeness (QED) is 0.516. The molecule has 0 unspecified atom stereocenters. The summed E-state index contributed by atoms with van der Waals surface area (Å²) in [6.45, 7) is 2.30. The Kier molecular flexibility index (Phi) is 7.11. The lowest BCUT2D eigenvalue weighted by molar-refractivity contribution is 0.301. The van der Waals surface area contributed by atoms with Crippen molar-refractivity contribution in [3.8, 4) is 0 Å². The zero-order chi connectivity index (χ0) is 16.6. The van der Waals surface area contributed by atoms with E-state index in [9.17, 15) is 0 Å². The Morgan fingerprint density at radius 3 is 2.17 bits per heavy atom. The Morgan fingerprint density at radius 2 is 1.50 bits per heavy atom. The Labute approximate surface area is 148 Å². The van der Waals surface area contributed by atoms with Crippen LogP contribution >= 0.6 is 0 Å². The number of hydrogen-bond donors (Lipinski definition) is 0. The van der Waals surface area contributed by atoms with E-state index in [1.165, 1.54) is 95.5 Å². The van der Waals surface area contributed by atoms with Gasteiger partial charge in [0.05, 0.1) is 0 Å². The third-order valence-corrected chi connectivity index (χ3v) is 6.45. The van der Waals surface area contributed by atoms with Crippen LogP contribution in [0.2, 0.25) is 0 Å². The molecule has 2 aliphatic rings. The molecule has 0 N–H and O–H groups in total. The van der Waals surface area contributed by atoms with Crippen molar-refractivity contribution in [2.45, 2.75) is 109 Å². The molecule has 2 heteroatoms. The SMILES string of the molecule is CCCCCC[C@H]1CC[C@H](c2cnc(C3CCCCC3)nc2)CC1. The Balaban J connectivity index is 1.44. The Bertz CT molecular complexity index is 453. The summed E-state index contributed by atoms with van der Waals surface area (Å²) in [5, 5.41) is 0. The number of rotatable bonds is 7. The van der Waals surface area contributed by atoms with Crippen LogP contribution in [0, 0.1) is 5.92 Å². The van der Waals surface area contributed by atoms with Crippen LogP contribution in [-0.2, 0) is 0 Å². The van der Waals surface area contributed by atoms with E-state index in [0.717, 1.165) is 17.7 Å². The standard InChI is InChI=1S/C22H36N2/c1-2-3-4-6-9-18-12-14-19(15-13-18)21-16-23-22(24-17-21)20-10-7-5-8-11-20/h16-20H,2-15H2,1H3/t18-,19-. The second kappa shape index (κ2) is 9.53. The van der Waals surface area contributed by atoms with Crippen LogP contribution in [0.1, 0.15) is 120 Å². The van der Waals surface area contributed by atoms with Gasteiger partial charge in [-0.3, -0.25) is 0 Å². The molecular formula is C22H36N2. The molecule has 0 aliphatic heterocycles. The van der Waals surface area contributed by atoms with Crippen LogP contribution in [0.5, 0.6) is 0 Å². The van der Waals surface area contributed by atoms with Gasteiger partial charge in [-0.05, 0) is 55.9 Å². The highest BCUT2D eigenvalue weighted by Gasteiger charge is 2.23. The van der Waals surface area contributed by atoms with E-state index in [0.29, 0.717) is 5.92 Å². The van der Waals surface area contributed by atoms with Crippen molar-refractivity contribution < 1.29 is 0 Å². The predicted molar refractivity (Wildman–Crippen MR) is 101 cm³/mol. The van der Waals surface area contributed by atoms with Crippen molar-refractivity contribution in [2.24, 2.45) is 5.92 Å². The van der Waals surface area contributed by atoms with Gasteiger partial charge in [0, 0.05) is 18.3 Å². The van der Waals surface area contributed by atoms with E-state index < -0.39 is 0 Å². The minimum Gasteiger partial charge on any atom is -0.241 e. The summed E-state index contributed by atoms with van der Waals surface area (Å²) in [5.74, 6) is 3.45. The van der Waals surface area contributed by atoms with Crippen LogP contribution in [0.4, 0.5) is 0 Å². The van der Waals surface area contributed by atoms with Gasteiger partial charge < -0.3 is 0 Å². The topological polar surface area (TPSA) is 25.8 Å². The highest BCUT2D eigenvalue weighted by molar-refractivity contribution is 5.14. The minimum atomic E-state index is 0.631. The number of hydrogen-bond acceptors (Lipinski definition) is 2.